The van der Waals surface area contributed by atoms with Gasteiger partial charge in [-0.05, 0) is 30.3 Å². The zero-order valence-electron chi connectivity index (χ0n) is 12.6. The molecule has 0 saturated heterocycles. The highest BCUT2D eigenvalue weighted by Crippen LogP contribution is 2.25. The molecule has 0 atom stereocenters. The summed E-state index contributed by atoms with van der Waals surface area (Å²) in [5.41, 5.74) is 7.96. The molecule has 2 N–H and O–H groups in total. The highest BCUT2D eigenvalue weighted by Gasteiger charge is 2.13. The average molecular weight is 315 g/mol. The number of nitrogens with two attached hydrogens (primary N) is 1. The third-order valence-electron chi connectivity index (χ3n) is 3.38. The van der Waals surface area contributed by atoms with Crippen molar-refractivity contribution in [3.8, 4) is 23.0 Å². The van der Waals surface area contributed by atoms with Gasteiger partial charge in [0, 0.05) is 29.7 Å². The molecule has 0 aliphatic rings. The number of hydrogen-bond donors (Lipinski definition) is 1. The number of carbonyl (C=O) groups excluding carboxylic acids is 1. The molecule has 3 rings (SSSR count). The second kappa shape index (κ2) is 6.58. The predicted molar refractivity (Wildman–Crippen MR) is 89.6 cm³/mol. The van der Waals surface area contributed by atoms with Crippen LogP contribution in [0.4, 0.5) is 0 Å². The first-order chi connectivity index (χ1) is 11.7. The van der Waals surface area contributed by atoms with Gasteiger partial charge in [0.15, 0.2) is 0 Å². The summed E-state index contributed by atoms with van der Waals surface area (Å²) in [4.78, 5) is 15.4. The number of aromatic nitrogens is 3. The van der Waals surface area contributed by atoms with Crippen LogP contribution in [0.15, 0.2) is 66.6 Å². The number of rotatable bonds is 4. The summed E-state index contributed by atoms with van der Waals surface area (Å²) in [5.74, 6) is -0.776. The minimum Gasteiger partial charge on any atom is -0.365 e. The second-order valence-electron chi connectivity index (χ2n) is 4.99. The van der Waals surface area contributed by atoms with Crippen LogP contribution in [-0.2, 0) is 4.79 Å². The van der Waals surface area contributed by atoms with Crippen molar-refractivity contribution in [3.63, 3.8) is 0 Å². The summed E-state index contributed by atoms with van der Waals surface area (Å²) < 4.78 is 1.68. The Balaban J connectivity index is 2.18. The van der Waals surface area contributed by atoms with Gasteiger partial charge in [-0.3, -0.25) is 9.78 Å². The number of nitriles is 1. The maximum atomic E-state index is 11.4. The molecule has 3 aromatic rings. The Kier molecular flexibility index (Phi) is 4.17. The number of primary amides is 1. The number of benzene rings is 1. The molecule has 24 heavy (non-hydrogen) atoms. The largest absolute Gasteiger partial charge is 0.365 e. The van der Waals surface area contributed by atoms with Gasteiger partial charge in [0.2, 0.25) is 0 Å². The van der Waals surface area contributed by atoms with Crippen LogP contribution in [0.3, 0.4) is 0 Å². The lowest BCUT2D eigenvalue weighted by atomic mass is 10.1. The molecule has 1 amide bonds. The molecule has 0 saturated carbocycles. The average Bonchev–Trinajstić information content (AvgIpc) is 3.05. The third-order valence-corrected chi connectivity index (χ3v) is 3.38. The van der Waals surface area contributed by atoms with Crippen molar-refractivity contribution in [2.24, 2.45) is 5.73 Å². The first kappa shape index (κ1) is 15.2. The Hall–Kier alpha value is -3.72. The van der Waals surface area contributed by atoms with Gasteiger partial charge >= 0.3 is 0 Å². The number of hydrogen-bond acceptors (Lipinski definition) is 4. The summed E-state index contributed by atoms with van der Waals surface area (Å²) in [6.07, 6.45) is 6.53. The quantitative estimate of drug-likeness (QED) is 0.590. The van der Waals surface area contributed by atoms with Crippen molar-refractivity contribution < 1.29 is 4.79 Å². The van der Waals surface area contributed by atoms with Crippen LogP contribution in [0.25, 0.3) is 23.0 Å². The smallest absolute Gasteiger partial charge is 0.259 e. The first-order valence-electron chi connectivity index (χ1n) is 7.16. The summed E-state index contributed by atoms with van der Waals surface area (Å²) in [6, 6.07) is 15.0. The van der Waals surface area contributed by atoms with E-state index in [0.29, 0.717) is 11.3 Å². The van der Waals surface area contributed by atoms with Gasteiger partial charge in [0.25, 0.3) is 5.91 Å². The van der Waals surface area contributed by atoms with Crippen LogP contribution in [0, 0.1) is 11.3 Å². The highest BCUT2D eigenvalue weighted by molar-refractivity contribution is 6.01. The van der Waals surface area contributed by atoms with Gasteiger partial charge in [-0.25, -0.2) is 4.68 Å². The fraction of sp³-hybridized carbons (Fsp3) is 0. The van der Waals surface area contributed by atoms with Gasteiger partial charge in [-0.15, -0.1) is 0 Å². The van der Waals surface area contributed by atoms with Gasteiger partial charge in [0.1, 0.15) is 17.3 Å². The van der Waals surface area contributed by atoms with Gasteiger partial charge in [-0.1, -0.05) is 18.2 Å². The minimum absolute atomic E-state index is 0.132. The van der Waals surface area contributed by atoms with E-state index in [0.717, 1.165) is 11.3 Å². The van der Waals surface area contributed by atoms with E-state index < -0.39 is 5.91 Å². The number of carbonyl (C=O) groups is 1. The molecule has 2 aromatic heterocycles. The molecule has 1 aromatic carbocycles. The monoisotopic (exact) mass is 315 g/mol. The lowest BCUT2D eigenvalue weighted by Gasteiger charge is -2.00. The normalized spacial score (nSPS) is 11.0. The van der Waals surface area contributed by atoms with Crippen molar-refractivity contribution in [1.82, 2.24) is 14.8 Å². The molecule has 0 spiro atoms. The molecule has 6 heteroatoms. The third kappa shape index (κ3) is 3.05. The molecule has 6 nitrogen and oxygen atoms in total. The Bertz CT molecular complexity index is 937. The molecule has 0 aliphatic heterocycles. The summed E-state index contributed by atoms with van der Waals surface area (Å²) >= 11 is 0. The molecule has 0 fully saturated rings. The molecule has 0 radical (unpaired) electrons. The van der Waals surface area contributed by atoms with Crippen LogP contribution in [-0.4, -0.2) is 20.7 Å². The van der Waals surface area contributed by atoms with Crippen molar-refractivity contribution in [1.29, 1.82) is 5.26 Å². The van der Waals surface area contributed by atoms with Crippen LogP contribution < -0.4 is 5.73 Å². The van der Waals surface area contributed by atoms with E-state index in [1.165, 1.54) is 6.08 Å². The van der Waals surface area contributed by atoms with E-state index in [1.807, 2.05) is 42.5 Å². The van der Waals surface area contributed by atoms with Crippen molar-refractivity contribution in [2.45, 2.75) is 0 Å². The van der Waals surface area contributed by atoms with E-state index >= 15 is 0 Å². The zero-order valence-corrected chi connectivity index (χ0v) is 12.6. The van der Waals surface area contributed by atoms with Crippen molar-refractivity contribution >= 4 is 12.0 Å². The number of amides is 1. The standard InChI is InChI=1S/C18H13N5O/c19-10-14(18(20)24)9-15-12-23(16-6-2-1-3-7-16)22-17(15)13-5-4-8-21-11-13/h1-9,11-12H,(H2,20,24). The van der Waals surface area contributed by atoms with Crippen LogP contribution >= 0.6 is 0 Å². The van der Waals surface area contributed by atoms with Gasteiger partial charge < -0.3 is 5.73 Å². The molecular weight excluding hydrogens is 302 g/mol. The maximum absolute atomic E-state index is 11.4. The minimum atomic E-state index is -0.776. The van der Waals surface area contributed by atoms with Crippen LogP contribution in [0.5, 0.6) is 0 Å². The number of pyridine rings is 1. The Morgan fingerprint density at radius 2 is 2.00 bits per heavy atom. The van der Waals surface area contributed by atoms with E-state index in [2.05, 4.69) is 10.1 Å². The van der Waals surface area contributed by atoms with Gasteiger partial charge in [-0.2, -0.15) is 10.4 Å². The van der Waals surface area contributed by atoms with Crippen LogP contribution in [0.2, 0.25) is 0 Å². The van der Waals surface area contributed by atoms with E-state index in [4.69, 9.17) is 11.0 Å². The maximum Gasteiger partial charge on any atom is 0.259 e. The Morgan fingerprint density at radius 3 is 2.62 bits per heavy atom. The van der Waals surface area contributed by atoms with E-state index in [9.17, 15) is 4.79 Å². The zero-order chi connectivity index (χ0) is 16.9. The molecule has 116 valence electrons. The number of para-hydroxylation sites is 1. The fourth-order valence-electron chi connectivity index (χ4n) is 2.25. The van der Waals surface area contributed by atoms with Crippen LogP contribution in [0.1, 0.15) is 5.56 Å². The molecule has 2 heterocycles. The van der Waals surface area contributed by atoms with Gasteiger partial charge in [0.05, 0.1) is 5.69 Å². The summed E-state index contributed by atoms with van der Waals surface area (Å²) in [5, 5.41) is 13.7. The Morgan fingerprint density at radius 1 is 1.21 bits per heavy atom. The summed E-state index contributed by atoms with van der Waals surface area (Å²) in [7, 11) is 0. The number of nitrogens with zero attached hydrogens (tertiary/aromatic N) is 4. The first-order valence-corrected chi connectivity index (χ1v) is 7.16. The highest BCUT2D eigenvalue weighted by atomic mass is 16.1. The lowest BCUT2D eigenvalue weighted by Crippen LogP contribution is -2.12. The lowest BCUT2D eigenvalue weighted by molar-refractivity contribution is -0.114. The Labute approximate surface area is 138 Å². The molecule has 0 bridgehead atoms. The molecular formula is C18H13N5O. The van der Waals surface area contributed by atoms with E-state index in [1.54, 1.807) is 29.3 Å². The topological polar surface area (TPSA) is 97.6 Å². The second-order valence-corrected chi connectivity index (χ2v) is 4.99. The van der Waals surface area contributed by atoms with Crippen molar-refractivity contribution in [3.05, 3.63) is 72.2 Å². The predicted octanol–water partition coefficient (Wildman–Crippen LogP) is 2.33. The van der Waals surface area contributed by atoms with Crippen molar-refractivity contribution in [2.75, 3.05) is 0 Å². The molecule has 0 unspecified atom stereocenters. The van der Waals surface area contributed by atoms with E-state index in [-0.39, 0.29) is 5.57 Å². The summed E-state index contributed by atoms with van der Waals surface area (Å²) in [6.45, 7) is 0. The fourth-order valence-corrected chi connectivity index (χ4v) is 2.25. The molecule has 0 aliphatic carbocycles. The SMILES string of the molecule is N#CC(=Cc1cn(-c2ccccc2)nc1-c1cccnc1)C(N)=O.